The molecule has 1 rings (SSSR count). The van der Waals surface area contributed by atoms with Crippen molar-refractivity contribution >= 4 is 0 Å². The van der Waals surface area contributed by atoms with E-state index in [1.165, 1.54) is 0 Å². The average molecular weight is 133 g/mol. The standard InChI is InChI=1S/C6H12FNO/c1-4-2-3-5(9)6(7)8-4/h4-6,8-9H,2-3H2,1H3. The zero-order valence-electron chi connectivity index (χ0n) is 5.47. The Morgan fingerprint density at radius 2 is 2.22 bits per heavy atom. The number of alkyl halides is 1. The highest BCUT2D eigenvalue weighted by Crippen LogP contribution is 2.13. The number of nitrogens with one attached hydrogen (secondary N) is 1. The molecule has 2 nitrogen and oxygen atoms in total. The summed E-state index contributed by atoms with van der Waals surface area (Å²) in [5, 5.41) is 11.5. The summed E-state index contributed by atoms with van der Waals surface area (Å²) in [6.07, 6.45) is -0.563. The Kier molecular flexibility index (Phi) is 2.03. The first-order valence-corrected chi connectivity index (χ1v) is 3.28. The normalized spacial score (nSPS) is 45.0. The first-order valence-electron chi connectivity index (χ1n) is 3.28. The van der Waals surface area contributed by atoms with Crippen LogP contribution in [0.3, 0.4) is 0 Å². The molecular weight excluding hydrogens is 121 g/mol. The second-order valence-corrected chi connectivity index (χ2v) is 2.61. The average Bonchev–Trinajstić information content (AvgIpc) is 1.80. The van der Waals surface area contributed by atoms with Gasteiger partial charge in [-0.1, -0.05) is 0 Å². The summed E-state index contributed by atoms with van der Waals surface area (Å²) in [5.41, 5.74) is 0. The van der Waals surface area contributed by atoms with Crippen LogP contribution in [0.1, 0.15) is 19.8 Å². The second kappa shape index (κ2) is 2.62. The molecule has 3 unspecified atom stereocenters. The van der Waals surface area contributed by atoms with Crippen molar-refractivity contribution in [3.8, 4) is 0 Å². The van der Waals surface area contributed by atoms with E-state index < -0.39 is 12.4 Å². The molecule has 1 aliphatic rings. The largest absolute Gasteiger partial charge is 0.389 e. The van der Waals surface area contributed by atoms with Crippen LogP contribution in [0.5, 0.6) is 0 Å². The Labute approximate surface area is 54.1 Å². The topological polar surface area (TPSA) is 32.3 Å². The molecule has 3 heteroatoms. The van der Waals surface area contributed by atoms with Crippen molar-refractivity contribution in [1.82, 2.24) is 5.32 Å². The Hall–Kier alpha value is -0.150. The lowest BCUT2D eigenvalue weighted by Crippen LogP contribution is -2.46. The molecule has 0 amide bonds. The summed E-state index contributed by atoms with van der Waals surface area (Å²) in [4.78, 5) is 0. The number of rotatable bonds is 0. The van der Waals surface area contributed by atoms with Gasteiger partial charge in [0.25, 0.3) is 0 Å². The van der Waals surface area contributed by atoms with E-state index in [0.717, 1.165) is 6.42 Å². The van der Waals surface area contributed by atoms with Gasteiger partial charge in [-0.15, -0.1) is 0 Å². The van der Waals surface area contributed by atoms with Crippen LogP contribution in [-0.4, -0.2) is 23.5 Å². The zero-order valence-corrected chi connectivity index (χ0v) is 5.47. The molecule has 54 valence electrons. The van der Waals surface area contributed by atoms with Gasteiger partial charge in [-0.3, -0.25) is 5.32 Å². The molecular formula is C6H12FNO. The molecule has 0 aromatic rings. The number of aliphatic hydroxyl groups excluding tert-OH is 1. The van der Waals surface area contributed by atoms with Gasteiger partial charge < -0.3 is 5.11 Å². The predicted octanol–water partition coefficient (Wildman–Crippen LogP) is 0.415. The molecule has 0 aromatic heterocycles. The van der Waals surface area contributed by atoms with Gasteiger partial charge in [0.1, 0.15) is 0 Å². The molecule has 2 N–H and O–H groups in total. The number of aliphatic hydroxyl groups is 1. The number of halogens is 1. The van der Waals surface area contributed by atoms with Crippen LogP contribution in [-0.2, 0) is 0 Å². The minimum absolute atomic E-state index is 0.211. The van der Waals surface area contributed by atoms with Crippen molar-refractivity contribution in [2.75, 3.05) is 0 Å². The lowest BCUT2D eigenvalue weighted by molar-refractivity contribution is 0.0183. The predicted molar refractivity (Wildman–Crippen MR) is 32.7 cm³/mol. The number of hydrogen-bond donors (Lipinski definition) is 2. The fourth-order valence-electron chi connectivity index (χ4n) is 1.03. The number of piperidine rings is 1. The highest BCUT2D eigenvalue weighted by Gasteiger charge is 2.25. The van der Waals surface area contributed by atoms with Gasteiger partial charge >= 0.3 is 0 Å². The van der Waals surface area contributed by atoms with Gasteiger partial charge in [0, 0.05) is 6.04 Å². The summed E-state index contributed by atoms with van der Waals surface area (Å²) in [7, 11) is 0. The van der Waals surface area contributed by atoms with Crippen LogP contribution in [0.15, 0.2) is 0 Å². The SMILES string of the molecule is CC1CCC(O)C(F)N1. The van der Waals surface area contributed by atoms with Gasteiger partial charge in [-0.2, -0.15) is 0 Å². The fraction of sp³-hybridized carbons (Fsp3) is 1.00. The molecule has 1 aliphatic heterocycles. The van der Waals surface area contributed by atoms with Crippen LogP contribution >= 0.6 is 0 Å². The molecule has 0 radical (unpaired) electrons. The van der Waals surface area contributed by atoms with E-state index in [2.05, 4.69) is 5.32 Å². The van der Waals surface area contributed by atoms with Crippen molar-refractivity contribution in [3.63, 3.8) is 0 Å². The van der Waals surface area contributed by atoms with Crippen molar-refractivity contribution in [2.24, 2.45) is 0 Å². The van der Waals surface area contributed by atoms with Crippen LogP contribution < -0.4 is 5.32 Å². The Morgan fingerprint density at radius 3 is 2.67 bits per heavy atom. The van der Waals surface area contributed by atoms with Gasteiger partial charge in [0.2, 0.25) is 0 Å². The maximum absolute atomic E-state index is 12.5. The van der Waals surface area contributed by atoms with Crippen molar-refractivity contribution in [1.29, 1.82) is 0 Å². The van der Waals surface area contributed by atoms with Crippen LogP contribution in [0.25, 0.3) is 0 Å². The third kappa shape index (κ3) is 1.63. The monoisotopic (exact) mass is 133 g/mol. The molecule has 0 spiro atoms. The summed E-state index contributed by atoms with van der Waals surface area (Å²) in [6, 6.07) is 0.211. The van der Waals surface area contributed by atoms with Crippen molar-refractivity contribution in [3.05, 3.63) is 0 Å². The van der Waals surface area contributed by atoms with Crippen molar-refractivity contribution in [2.45, 2.75) is 38.2 Å². The van der Waals surface area contributed by atoms with E-state index >= 15 is 0 Å². The van der Waals surface area contributed by atoms with E-state index in [1.807, 2.05) is 6.92 Å². The fourth-order valence-corrected chi connectivity index (χ4v) is 1.03. The van der Waals surface area contributed by atoms with Crippen molar-refractivity contribution < 1.29 is 9.50 Å². The van der Waals surface area contributed by atoms with Gasteiger partial charge in [0.15, 0.2) is 6.30 Å². The lowest BCUT2D eigenvalue weighted by Gasteiger charge is -2.27. The van der Waals surface area contributed by atoms with E-state index in [4.69, 9.17) is 5.11 Å². The Bertz CT molecular complexity index is 99.1. The lowest BCUT2D eigenvalue weighted by atomic mass is 10.0. The van der Waals surface area contributed by atoms with Crippen LogP contribution in [0.2, 0.25) is 0 Å². The van der Waals surface area contributed by atoms with E-state index in [1.54, 1.807) is 0 Å². The molecule has 0 aromatic carbocycles. The van der Waals surface area contributed by atoms with E-state index in [0.29, 0.717) is 6.42 Å². The van der Waals surface area contributed by atoms with Gasteiger partial charge in [-0.25, -0.2) is 4.39 Å². The van der Waals surface area contributed by atoms with Crippen LogP contribution in [0, 0.1) is 0 Å². The number of hydrogen-bond acceptors (Lipinski definition) is 2. The van der Waals surface area contributed by atoms with Gasteiger partial charge in [-0.05, 0) is 19.8 Å². The summed E-state index contributed by atoms with van der Waals surface area (Å²) in [6.45, 7) is 1.92. The Balaban J connectivity index is 2.35. The highest BCUT2D eigenvalue weighted by atomic mass is 19.1. The second-order valence-electron chi connectivity index (χ2n) is 2.61. The summed E-state index contributed by atoms with van der Waals surface area (Å²) < 4.78 is 12.5. The zero-order chi connectivity index (χ0) is 6.85. The maximum atomic E-state index is 12.5. The van der Waals surface area contributed by atoms with E-state index in [-0.39, 0.29) is 6.04 Å². The Morgan fingerprint density at radius 1 is 1.56 bits per heavy atom. The first kappa shape index (κ1) is 6.96. The molecule has 1 saturated heterocycles. The first-order chi connectivity index (χ1) is 4.20. The van der Waals surface area contributed by atoms with E-state index in [9.17, 15) is 4.39 Å². The third-order valence-electron chi connectivity index (χ3n) is 1.68. The van der Waals surface area contributed by atoms with Crippen LogP contribution in [0.4, 0.5) is 4.39 Å². The minimum atomic E-state index is -1.21. The summed E-state index contributed by atoms with van der Waals surface area (Å²) >= 11 is 0. The highest BCUT2D eigenvalue weighted by molar-refractivity contribution is 4.77. The molecule has 1 fully saturated rings. The molecule has 1 heterocycles. The molecule has 9 heavy (non-hydrogen) atoms. The quantitative estimate of drug-likeness (QED) is 0.469. The minimum Gasteiger partial charge on any atom is -0.389 e. The maximum Gasteiger partial charge on any atom is 0.177 e. The molecule has 3 atom stereocenters. The van der Waals surface area contributed by atoms with Gasteiger partial charge in [0.05, 0.1) is 6.10 Å². The smallest absolute Gasteiger partial charge is 0.177 e. The molecule has 0 aliphatic carbocycles. The summed E-state index contributed by atoms with van der Waals surface area (Å²) in [5.74, 6) is 0. The third-order valence-corrected chi connectivity index (χ3v) is 1.68. The molecule has 0 saturated carbocycles. The molecule has 0 bridgehead atoms.